The van der Waals surface area contributed by atoms with Crippen molar-refractivity contribution >= 4 is 15.9 Å². The van der Waals surface area contributed by atoms with Crippen LogP contribution < -0.4 is 5.73 Å². The van der Waals surface area contributed by atoms with Crippen molar-refractivity contribution in [3.63, 3.8) is 0 Å². The summed E-state index contributed by atoms with van der Waals surface area (Å²) >= 11 is 0. The van der Waals surface area contributed by atoms with Crippen molar-refractivity contribution in [1.82, 2.24) is 0 Å². The van der Waals surface area contributed by atoms with Crippen LogP contribution in [0.1, 0.15) is 31.7 Å². The van der Waals surface area contributed by atoms with Crippen LogP contribution >= 0.6 is 10.2 Å². The molecule has 0 atom stereocenters. The van der Waals surface area contributed by atoms with Crippen LogP contribution in [-0.2, 0) is 6.42 Å². The Morgan fingerprint density at radius 2 is 1.67 bits per heavy atom. The summed E-state index contributed by atoms with van der Waals surface area (Å²) in [5.74, 6) is 0. The monoisotopic (exact) mass is 289 g/mol. The number of nitrogen functional groups attached to an aromatic ring is 1. The van der Waals surface area contributed by atoms with Crippen molar-refractivity contribution in [3.8, 4) is 0 Å². The van der Waals surface area contributed by atoms with Crippen molar-refractivity contribution in [1.29, 1.82) is 0 Å². The smallest absolute Gasteiger partial charge is 0.312 e. The van der Waals surface area contributed by atoms with Crippen molar-refractivity contribution < 1.29 is 19.4 Å². The predicted octanol–water partition coefficient (Wildman–Crippen LogP) is 5.66. The molecule has 0 unspecified atom stereocenters. The van der Waals surface area contributed by atoms with Gasteiger partial charge < -0.3 is 5.73 Å². The number of para-hydroxylation sites is 1. The van der Waals surface area contributed by atoms with E-state index in [1.165, 1.54) is 6.07 Å². The summed E-state index contributed by atoms with van der Waals surface area (Å²) in [5.41, 5.74) is 4.55. The van der Waals surface area contributed by atoms with Gasteiger partial charge in [0.25, 0.3) is 0 Å². The van der Waals surface area contributed by atoms with Crippen LogP contribution in [0, 0.1) is 0 Å². The highest BCUT2D eigenvalue weighted by Gasteiger charge is 2.66. The molecule has 0 aromatic heterocycles. The van der Waals surface area contributed by atoms with Crippen molar-refractivity contribution in [2.24, 2.45) is 0 Å². The lowest BCUT2D eigenvalue weighted by molar-refractivity contribution is 0.364. The van der Waals surface area contributed by atoms with Crippen LogP contribution in [0.2, 0.25) is 0 Å². The maximum Gasteiger partial charge on any atom is 0.312 e. The van der Waals surface area contributed by atoms with Gasteiger partial charge in [0.2, 0.25) is 0 Å². The van der Waals surface area contributed by atoms with Gasteiger partial charge in [0, 0.05) is 0 Å². The van der Waals surface area contributed by atoms with Crippen LogP contribution in [0.3, 0.4) is 0 Å². The first-order valence-corrected chi connectivity index (χ1v) is 7.52. The van der Waals surface area contributed by atoms with Gasteiger partial charge in [0.15, 0.2) is 0 Å². The number of nitrogens with two attached hydrogens (primary N) is 1. The molecule has 0 saturated carbocycles. The van der Waals surface area contributed by atoms with E-state index in [9.17, 15) is 19.4 Å². The molecule has 0 aliphatic carbocycles. The molecule has 2 N–H and O–H groups in total. The second-order valence-electron chi connectivity index (χ2n) is 4.26. The number of halogens is 5. The molecule has 0 aliphatic heterocycles. The second kappa shape index (κ2) is 4.01. The van der Waals surface area contributed by atoms with Gasteiger partial charge in [-0.05, 0) is 24.5 Å². The normalized spacial score (nSPS) is 16.1. The quantitative estimate of drug-likeness (QED) is 0.422. The van der Waals surface area contributed by atoms with Gasteiger partial charge in [0.05, 0.1) is 5.69 Å². The van der Waals surface area contributed by atoms with E-state index in [-0.39, 0.29) is 12.0 Å². The molecule has 0 heterocycles. The molecule has 0 radical (unpaired) electrons. The first-order chi connectivity index (χ1) is 7.95. The van der Waals surface area contributed by atoms with Crippen LogP contribution in [0.5, 0.6) is 0 Å². The molecule has 0 amide bonds. The average Bonchev–Trinajstić information content (AvgIpc) is 2.17. The van der Waals surface area contributed by atoms with Gasteiger partial charge in [-0.25, -0.2) is 0 Å². The summed E-state index contributed by atoms with van der Waals surface area (Å²) in [4.78, 5) is -1.97. The minimum absolute atomic E-state index is 0.134. The molecule has 106 valence electrons. The molecular weight excluding hydrogens is 273 g/mol. The van der Waals surface area contributed by atoms with Crippen molar-refractivity contribution in [2.45, 2.75) is 37.5 Å². The predicted molar refractivity (Wildman–Crippen MR) is 65.5 cm³/mol. The van der Waals surface area contributed by atoms with Crippen LogP contribution in [0.15, 0.2) is 23.1 Å². The lowest BCUT2D eigenvalue weighted by atomic mass is 10.1. The lowest BCUT2D eigenvalue weighted by Crippen LogP contribution is -2.11. The van der Waals surface area contributed by atoms with E-state index >= 15 is 0 Å². The Labute approximate surface area is 103 Å². The Morgan fingerprint density at radius 1 is 1.06 bits per heavy atom. The summed E-state index contributed by atoms with van der Waals surface area (Å²) in [6.45, 7) is 1.94. The number of aryl methyl sites for hydroxylation is 1. The third-order valence-electron chi connectivity index (χ3n) is 2.62. The number of benzene rings is 1. The summed E-state index contributed by atoms with van der Waals surface area (Å²) in [6.07, 6.45) is 2.62. The zero-order valence-electron chi connectivity index (χ0n) is 9.94. The number of unbranched alkanes of at least 4 members (excludes halogenated alkanes) is 2. The topological polar surface area (TPSA) is 26.0 Å². The van der Waals surface area contributed by atoms with E-state index in [1.807, 2.05) is 6.92 Å². The maximum absolute atomic E-state index is 12.7. The molecule has 0 saturated heterocycles. The van der Waals surface area contributed by atoms with Gasteiger partial charge in [-0.2, -0.15) is 0 Å². The molecule has 1 aromatic carbocycles. The molecule has 0 spiro atoms. The van der Waals surface area contributed by atoms with Gasteiger partial charge in [0.1, 0.15) is 4.90 Å². The molecule has 0 fully saturated rings. The van der Waals surface area contributed by atoms with E-state index < -0.39 is 20.8 Å². The van der Waals surface area contributed by atoms with Gasteiger partial charge in [-0.15, -0.1) is 0 Å². The van der Waals surface area contributed by atoms with Gasteiger partial charge in [-0.1, -0.05) is 51.3 Å². The Hall–Kier alpha value is -0.980. The zero-order chi connectivity index (χ0) is 14.1. The fraction of sp³-hybridized carbons (Fsp3) is 0.455. The van der Waals surface area contributed by atoms with Crippen LogP contribution in [-0.4, -0.2) is 0 Å². The highest BCUT2D eigenvalue weighted by molar-refractivity contribution is 8.45. The Morgan fingerprint density at radius 3 is 2.17 bits per heavy atom. The Balaban J connectivity index is 3.16. The molecule has 0 aliphatic rings. The van der Waals surface area contributed by atoms with Gasteiger partial charge >= 0.3 is 10.2 Å². The standard InChI is InChI=1S/C11H16F5NS/c1-2-3-4-6-9-7-5-8-10(11(9)17)18(12,13,14,15)16/h5,7-8H,2-4,6,17H2,1H3. The summed E-state index contributed by atoms with van der Waals surface area (Å²) in [6, 6.07) is 2.68. The van der Waals surface area contributed by atoms with E-state index in [2.05, 4.69) is 0 Å². The average molecular weight is 289 g/mol. The van der Waals surface area contributed by atoms with Crippen LogP contribution in [0.4, 0.5) is 25.1 Å². The Bertz CT molecular complexity index is 440. The molecule has 18 heavy (non-hydrogen) atoms. The zero-order valence-corrected chi connectivity index (χ0v) is 10.8. The summed E-state index contributed by atoms with van der Waals surface area (Å²) in [5, 5.41) is 0. The fourth-order valence-corrected chi connectivity index (χ4v) is 2.59. The Kier molecular flexibility index (Phi) is 3.36. The molecular formula is C11H16F5NS. The third kappa shape index (κ3) is 3.76. The third-order valence-corrected chi connectivity index (χ3v) is 3.81. The largest absolute Gasteiger partial charge is 0.397 e. The second-order valence-corrected chi connectivity index (χ2v) is 6.63. The maximum atomic E-state index is 12.7. The number of rotatable bonds is 5. The van der Waals surface area contributed by atoms with Gasteiger partial charge in [-0.3, -0.25) is 0 Å². The fourth-order valence-electron chi connectivity index (χ4n) is 1.71. The molecule has 7 heteroatoms. The highest BCUT2D eigenvalue weighted by Crippen LogP contribution is 3.02. The number of anilines is 1. The van der Waals surface area contributed by atoms with Crippen LogP contribution in [0.25, 0.3) is 0 Å². The molecule has 1 nitrogen and oxygen atoms in total. The first-order valence-electron chi connectivity index (χ1n) is 5.57. The first kappa shape index (κ1) is 15.1. The summed E-state index contributed by atoms with van der Waals surface area (Å²) < 4.78 is 63.5. The van der Waals surface area contributed by atoms with E-state index in [1.54, 1.807) is 0 Å². The van der Waals surface area contributed by atoms with E-state index in [4.69, 9.17) is 5.73 Å². The van der Waals surface area contributed by atoms with E-state index in [0.717, 1.165) is 18.9 Å². The molecule has 0 bridgehead atoms. The molecule has 1 aromatic rings. The minimum Gasteiger partial charge on any atom is -0.397 e. The number of hydrogen-bond acceptors (Lipinski definition) is 1. The van der Waals surface area contributed by atoms with Crippen molar-refractivity contribution in [3.05, 3.63) is 23.8 Å². The van der Waals surface area contributed by atoms with Crippen molar-refractivity contribution in [2.75, 3.05) is 5.73 Å². The molecule has 1 rings (SSSR count). The highest BCUT2D eigenvalue weighted by atomic mass is 32.5. The number of hydrogen-bond donors (Lipinski definition) is 1. The lowest BCUT2D eigenvalue weighted by Gasteiger charge is -2.41. The minimum atomic E-state index is -9.69. The van der Waals surface area contributed by atoms with E-state index in [0.29, 0.717) is 12.5 Å². The summed E-state index contributed by atoms with van der Waals surface area (Å²) in [7, 11) is -9.69. The SMILES string of the molecule is CCCCCc1cccc(S(F)(F)(F)(F)F)c1N.